The first-order valence-electron chi connectivity index (χ1n) is 6.21. The number of anilines is 1. The predicted octanol–water partition coefficient (Wildman–Crippen LogP) is 3.25. The SMILES string of the molecule is Cc1cccc2nc(N)n(Cc3ccc(F)c(F)c3)c12. The molecule has 3 aromatic rings. The van der Waals surface area contributed by atoms with Gasteiger partial charge in [0.2, 0.25) is 5.95 Å². The van der Waals surface area contributed by atoms with Crippen molar-refractivity contribution in [3.05, 3.63) is 59.2 Å². The first-order valence-corrected chi connectivity index (χ1v) is 6.21. The molecule has 0 bridgehead atoms. The lowest BCUT2D eigenvalue weighted by atomic mass is 10.2. The third-order valence-electron chi connectivity index (χ3n) is 3.32. The molecule has 0 aliphatic carbocycles. The Morgan fingerprint density at radius 3 is 2.70 bits per heavy atom. The van der Waals surface area contributed by atoms with Gasteiger partial charge >= 0.3 is 0 Å². The molecular weight excluding hydrogens is 260 g/mol. The Hall–Kier alpha value is -2.43. The summed E-state index contributed by atoms with van der Waals surface area (Å²) in [4.78, 5) is 4.28. The van der Waals surface area contributed by atoms with Crippen LogP contribution >= 0.6 is 0 Å². The van der Waals surface area contributed by atoms with Gasteiger partial charge in [-0.05, 0) is 36.2 Å². The highest BCUT2D eigenvalue weighted by Crippen LogP contribution is 2.23. The highest BCUT2D eigenvalue weighted by atomic mass is 19.2. The summed E-state index contributed by atoms with van der Waals surface area (Å²) in [5.41, 5.74) is 9.30. The third kappa shape index (κ3) is 2.01. The molecule has 102 valence electrons. The van der Waals surface area contributed by atoms with E-state index in [4.69, 9.17) is 5.73 Å². The van der Waals surface area contributed by atoms with Gasteiger partial charge in [0, 0.05) is 0 Å². The first kappa shape index (κ1) is 12.6. The molecule has 2 N–H and O–H groups in total. The Bertz CT molecular complexity index is 793. The molecule has 0 spiro atoms. The Balaban J connectivity index is 2.10. The van der Waals surface area contributed by atoms with Crippen molar-refractivity contribution in [1.29, 1.82) is 0 Å². The van der Waals surface area contributed by atoms with E-state index in [1.807, 2.05) is 25.1 Å². The summed E-state index contributed by atoms with van der Waals surface area (Å²) in [6.45, 7) is 2.32. The van der Waals surface area contributed by atoms with Gasteiger partial charge < -0.3 is 10.3 Å². The van der Waals surface area contributed by atoms with Crippen molar-refractivity contribution in [3.8, 4) is 0 Å². The molecule has 1 heterocycles. The quantitative estimate of drug-likeness (QED) is 0.779. The van der Waals surface area contributed by atoms with Crippen LogP contribution in [0.1, 0.15) is 11.1 Å². The van der Waals surface area contributed by atoms with Crippen molar-refractivity contribution in [1.82, 2.24) is 9.55 Å². The van der Waals surface area contributed by atoms with E-state index < -0.39 is 11.6 Å². The standard InChI is InChI=1S/C15H13F2N3/c1-9-3-2-4-13-14(9)20(15(18)19-13)8-10-5-6-11(16)12(17)7-10/h2-7H,8H2,1H3,(H2,18,19). The van der Waals surface area contributed by atoms with Gasteiger partial charge in [0.1, 0.15) is 0 Å². The summed E-state index contributed by atoms with van der Waals surface area (Å²) in [7, 11) is 0. The zero-order chi connectivity index (χ0) is 14.3. The van der Waals surface area contributed by atoms with Gasteiger partial charge in [0.15, 0.2) is 11.6 Å². The second-order valence-corrected chi connectivity index (χ2v) is 4.75. The summed E-state index contributed by atoms with van der Waals surface area (Å²) < 4.78 is 28.0. The Labute approximate surface area is 114 Å². The lowest BCUT2D eigenvalue weighted by Gasteiger charge is -2.08. The average Bonchev–Trinajstić information content (AvgIpc) is 2.72. The lowest BCUT2D eigenvalue weighted by molar-refractivity contribution is 0.506. The van der Waals surface area contributed by atoms with Gasteiger partial charge in [-0.25, -0.2) is 13.8 Å². The van der Waals surface area contributed by atoms with Crippen LogP contribution in [0.5, 0.6) is 0 Å². The summed E-state index contributed by atoms with van der Waals surface area (Å²) in [5, 5.41) is 0. The fraction of sp³-hybridized carbons (Fsp3) is 0.133. The van der Waals surface area contributed by atoms with Crippen LogP contribution in [0.4, 0.5) is 14.7 Å². The summed E-state index contributed by atoms with van der Waals surface area (Å²) in [6, 6.07) is 9.59. The third-order valence-corrected chi connectivity index (χ3v) is 3.32. The van der Waals surface area contributed by atoms with E-state index in [1.54, 1.807) is 10.6 Å². The summed E-state index contributed by atoms with van der Waals surface area (Å²) in [6.07, 6.45) is 0. The van der Waals surface area contributed by atoms with E-state index in [0.29, 0.717) is 18.1 Å². The van der Waals surface area contributed by atoms with Crippen LogP contribution in [0.2, 0.25) is 0 Å². The number of para-hydroxylation sites is 1. The molecule has 0 amide bonds. The minimum Gasteiger partial charge on any atom is -0.369 e. The van der Waals surface area contributed by atoms with Gasteiger partial charge in [-0.2, -0.15) is 0 Å². The predicted molar refractivity (Wildman–Crippen MR) is 74.3 cm³/mol. The molecule has 0 atom stereocenters. The molecule has 2 aromatic carbocycles. The molecule has 0 saturated carbocycles. The molecule has 0 saturated heterocycles. The highest BCUT2D eigenvalue weighted by molar-refractivity contribution is 5.81. The van der Waals surface area contributed by atoms with Crippen LogP contribution in [0.3, 0.4) is 0 Å². The van der Waals surface area contributed by atoms with Gasteiger partial charge in [0.25, 0.3) is 0 Å². The van der Waals surface area contributed by atoms with Crippen molar-refractivity contribution in [2.24, 2.45) is 0 Å². The highest BCUT2D eigenvalue weighted by Gasteiger charge is 2.11. The van der Waals surface area contributed by atoms with E-state index >= 15 is 0 Å². The first-order chi connectivity index (χ1) is 9.56. The zero-order valence-electron chi connectivity index (χ0n) is 10.9. The second-order valence-electron chi connectivity index (χ2n) is 4.75. The van der Waals surface area contributed by atoms with Crippen LogP contribution in [0, 0.1) is 18.6 Å². The van der Waals surface area contributed by atoms with Gasteiger partial charge in [0.05, 0.1) is 17.6 Å². The van der Waals surface area contributed by atoms with Gasteiger partial charge in [-0.1, -0.05) is 18.2 Å². The van der Waals surface area contributed by atoms with Crippen molar-refractivity contribution in [2.45, 2.75) is 13.5 Å². The Kier molecular flexibility index (Phi) is 2.89. The van der Waals surface area contributed by atoms with Crippen LogP contribution in [0.25, 0.3) is 11.0 Å². The number of nitrogens with zero attached hydrogens (tertiary/aromatic N) is 2. The number of aromatic nitrogens is 2. The largest absolute Gasteiger partial charge is 0.369 e. The maximum absolute atomic E-state index is 13.3. The topological polar surface area (TPSA) is 43.8 Å². The van der Waals surface area contributed by atoms with Crippen LogP contribution < -0.4 is 5.73 Å². The van der Waals surface area contributed by atoms with E-state index in [-0.39, 0.29) is 0 Å². The molecule has 0 radical (unpaired) electrons. The minimum atomic E-state index is -0.859. The van der Waals surface area contributed by atoms with E-state index in [9.17, 15) is 8.78 Å². The fourth-order valence-electron chi connectivity index (χ4n) is 2.36. The fourth-order valence-corrected chi connectivity index (χ4v) is 2.36. The van der Waals surface area contributed by atoms with Crippen molar-refractivity contribution in [2.75, 3.05) is 5.73 Å². The average molecular weight is 273 g/mol. The molecule has 0 fully saturated rings. The van der Waals surface area contributed by atoms with Crippen molar-refractivity contribution in [3.63, 3.8) is 0 Å². The zero-order valence-corrected chi connectivity index (χ0v) is 10.9. The summed E-state index contributed by atoms with van der Waals surface area (Å²) >= 11 is 0. The molecule has 0 unspecified atom stereocenters. The number of fused-ring (bicyclic) bond motifs is 1. The maximum Gasteiger partial charge on any atom is 0.201 e. The van der Waals surface area contributed by atoms with Crippen molar-refractivity contribution < 1.29 is 8.78 Å². The summed E-state index contributed by atoms with van der Waals surface area (Å²) in [5.74, 6) is -1.35. The normalized spacial score (nSPS) is 11.2. The Morgan fingerprint density at radius 2 is 1.95 bits per heavy atom. The van der Waals surface area contributed by atoms with E-state index in [1.165, 1.54) is 6.07 Å². The second kappa shape index (κ2) is 4.59. The number of halogens is 2. The van der Waals surface area contributed by atoms with E-state index in [0.717, 1.165) is 22.7 Å². The maximum atomic E-state index is 13.3. The number of rotatable bonds is 2. The van der Waals surface area contributed by atoms with Crippen molar-refractivity contribution >= 4 is 17.0 Å². The number of hydrogen-bond donors (Lipinski definition) is 1. The molecule has 20 heavy (non-hydrogen) atoms. The molecule has 0 aliphatic heterocycles. The molecule has 3 rings (SSSR count). The van der Waals surface area contributed by atoms with Crippen LogP contribution in [0.15, 0.2) is 36.4 Å². The number of imidazole rings is 1. The van der Waals surface area contributed by atoms with Crippen LogP contribution in [-0.4, -0.2) is 9.55 Å². The number of benzene rings is 2. The number of nitrogens with two attached hydrogens (primary N) is 1. The lowest BCUT2D eigenvalue weighted by Crippen LogP contribution is -2.05. The number of nitrogen functional groups attached to an aromatic ring is 1. The smallest absolute Gasteiger partial charge is 0.201 e. The minimum absolute atomic E-state index is 0.352. The van der Waals surface area contributed by atoms with Gasteiger partial charge in [-0.3, -0.25) is 0 Å². The monoisotopic (exact) mass is 273 g/mol. The molecule has 3 nitrogen and oxygen atoms in total. The number of hydrogen-bond acceptors (Lipinski definition) is 2. The van der Waals surface area contributed by atoms with Crippen LogP contribution in [-0.2, 0) is 6.54 Å². The molecule has 1 aromatic heterocycles. The van der Waals surface area contributed by atoms with E-state index in [2.05, 4.69) is 4.98 Å². The molecular formula is C15H13F2N3. The molecule has 0 aliphatic rings. The number of aryl methyl sites for hydroxylation is 1. The van der Waals surface area contributed by atoms with Gasteiger partial charge in [-0.15, -0.1) is 0 Å². The molecule has 5 heteroatoms. The Morgan fingerprint density at radius 1 is 1.15 bits per heavy atom.